The summed E-state index contributed by atoms with van der Waals surface area (Å²) in [6.07, 6.45) is 2.60. The molecule has 1 aliphatic rings. The molecule has 1 N–H and O–H groups in total. The zero-order valence-electron chi connectivity index (χ0n) is 13.8. The summed E-state index contributed by atoms with van der Waals surface area (Å²) in [6, 6.07) is 7.20. The number of carbonyl (C=O) groups is 1. The third kappa shape index (κ3) is 4.61. The first kappa shape index (κ1) is 17.9. The van der Waals surface area contributed by atoms with Crippen LogP contribution in [0.3, 0.4) is 0 Å². The van der Waals surface area contributed by atoms with Crippen molar-refractivity contribution >= 4 is 27.3 Å². The highest BCUT2D eigenvalue weighted by molar-refractivity contribution is 7.91. The summed E-state index contributed by atoms with van der Waals surface area (Å²) in [5.41, 5.74) is 0.178. The Morgan fingerprint density at radius 3 is 2.72 bits per heavy atom. The van der Waals surface area contributed by atoms with E-state index in [4.69, 9.17) is 16.0 Å². The van der Waals surface area contributed by atoms with Gasteiger partial charge in [0.05, 0.1) is 23.2 Å². The first-order valence-corrected chi connectivity index (χ1v) is 10.2. The van der Waals surface area contributed by atoms with Crippen molar-refractivity contribution < 1.29 is 17.6 Å². The highest BCUT2D eigenvalue weighted by Crippen LogP contribution is 2.24. The van der Waals surface area contributed by atoms with Crippen LogP contribution in [0.1, 0.15) is 25.7 Å². The molecule has 2 aromatic rings. The molecule has 25 heavy (non-hydrogen) atoms. The highest BCUT2D eigenvalue weighted by Gasteiger charge is 2.39. The number of aromatic nitrogens is 1. The minimum Gasteiger partial charge on any atom is -0.441 e. The van der Waals surface area contributed by atoms with Crippen molar-refractivity contribution in [3.05, 3.63) is 41.4 Å². The van der Waals surface area contributed by atoms with E-state index in [0.717, 1.165) is 5.56 Å². The zero-order valence-corrected chi connectivity index (χ0v) is 15.4. The van der Waals surface area contributed by atoms with Gasteiger partial charge in [-0.25, -0.2) is 13.4 Å². The Balaban J connectivity index is 1.55. The maximum atomic E-state index is 12.1. The monoisotopic (exact) mass is 382 g/mol. The molecule has 1 aromatic carbocycles. The van der Waals surface area contributed by atoms with Gasteiger partial charge in [-0.05, 0) is 37.6 Å². The quantitative estimate of drug-likeness (QED) is 0.858. The Bertz CT molecular complexity index is 876. The van der Waals surface area contributed by atoms with E-state index >= 15 is 0 Å². The van der Waals surface area contributed by atoms with Crippen molar-refractivity contribution in [1.82, 2.24) is 10.3 Å². The molecule has 1 fully saturated rings. The molecule has 1 unspecified atom stereocenters. The summed E-state index contributed by atoms with van der Waals surface area (Å²) in [7, 11) is -3.05. The summed E-state index contributed by atoms with van der Waals surface area (Å²) in [5, 5.41) is 3.46. The first-order valence-electron chi connectivity index (χ1n) is 7.97. The van der Waals surface area contributed by atoms with E-state index in [-0.39, 0.29) is 23.8 Å². The van der Waals surface area contributed by atoms with E-state index in [2.05, 4.69) is 10.3 Å². The van der Waals surface area contributed by atoms with Crippen LogP contribution in [0, 0.1) is 0 Å². The molecular weight excluding hydrogens is 364 g/mol. The maximum absolute atomic E-state index is 12.1. The Labute approximate surface area is 151 Å². The van der Waals surface area contributed by atoms with Gasteiger partial charge in [0, 0.05) is 23.4 Å². The number of halogens is 1. The van der Waals surface area contributed by atoms with E-state index in [0.29, 0.717) is 29.5 Å². The second kappa shape index (κ2) is 6.80. The van der Waals surface area contributed by atoms with Gasteiger partial charge in [0.1, 0.15) is 0 Å². The molecule has 0 radical (unpaired) electrons. The molecule has 1 aliphatic heterocycles. The minimum atomic E-state index is -3.05. The predicted molar refractivity (Wildman–Crippen MR) is 95.1 cm³/mol. The van der Waals surface area contributed by atoms with Crippen molar-refractivity contribution in [2.24, 2.45) is 0 Å². The Kier molecular flexibility index (Phi) is 4.88. The number of benzene rings is 1. The molecule has 1 atom stereocenters. The molecule has 1 aromatic heterocycles. The molecule has 0 aliphatic carbocycles. The van der Waals surface area contributed by atoms with E-state index in [1.54, 1.807) is 25.3 Å². The van der Waals surface area contributed by atoms with Gasteiger partial charge in [0.25, 0.3) is 0 Å². The first-order chi connectivity index (χ1) is 11.7. The molecule has 8 heteroatoms. The van der Waals surface area contributed by atoms with Gasteiger partial charge in [-0.15, -0.1) is 0 Å². The number of rotatable bonds is 5. The highest BCUT2D eigenvalue weighted by atomic mass is 35.5. The van der Waals surface area contributed by atoms with E-state index in [1.165, 1.54) is 0 Å². The minimum absolute atomic E-state index is 0.00848. The van der Waals surface area contributed by atoms with Crippen molar-refractivity contribution in [3.63, 3.8) is 0 Å². The molecule has 6 nitrogen and oxygen atoms in total. The predicted octanol–water partition coefficient (Wildman–Crippen LogP) is 2.62. The Morgan fingerprint density at radius 1 is 1.36 bits per heavy atom. The fraction of sp³-hybridized carbons (Fsp3) is 0.412. The summed E-state index contributed by atoms with van der Waals surface area (Å²) >= 11 is 5.86. The van der Waals surface area contributed by atoms with E-state index < -0.39 is 15.4 Å². The molecule has 0 saturated carbocycles. The molecule has 2 heterocycles. The van der Waals surface area contributed by atoms with E-state index in [1.807, 2.05) is 12.1 Å². The van der Waals surface area contributed by atoms with Gasteiger partial charge in [-0.2, -0.15) is 0 Å². The summed E-state index contributed by atoms with van der Waals surface area (Å²) in [4.78, 5) is 16.3. The molecular formula is C17H19ClN2O4S. The average molecular weight is 383 g/mol. The third-order valence-electron chi connectivity index (χ3n) is 4.19. The van der Waals surface area contributed by atoms with Crippen LogP contribution >= 0.6 is 11.6 Å². The number of carbonyl (C=O) groups excluding carboxylic acids is 1. The molecule has 0 bridgehead atoms. The standard InChI is InChI=1S/C17H19ClN2O4S/c1-17(8-9-25(22,23)11-17)20-15(21)6-7-16-19-10-14(24-16)12-2-4-13(18)5-3-12/h2-5,10H,6-9,11H2,1H3,(H,20,21). The lowest BCUT2D eigenvalue weighted by atomic mass is 10.0. The SMILES string of the molecule is CC1(NC(=O)CCc2ncc(-c3ccc(Cl)cc3)o2)CCS(=O)(=O)C1. The van der Waals surface area contributed by atoms with Crippen molar-refractivity contribution in [2.45, 2.75) is 31.7 Å². The Morgan fingerprint density at radius 2 is 2.08 bits per heavy atom. The number of aryl methyl sites for hydroxylation is 1. The fourth-order valence-electron chi connectivity index (χ4n) is 2.90. The third-order valence-corrected chi connectivity index (χ3v) is 6.35. The van der Waals surface area contributed by atoms with Gasteiger partial charge >= 0.3 is 0 Å². The second-order valence-electron chi connectivity index (χ2n) is 6.58. The molecule has 3 rings (SSSR count). The Hall–Kier alpha value is -1.86. The summed E-state index contributed by atoms with van der Waals surface area (Å²) in [5.74, 6) is 0.982. The average Bonchev–Trinajstić information content (AvgIpc) is 3.10. The molecule has 134 valence electrons. The number of sulfone groups is 1. The number of nitrogens with one attached hydrogen (secondary N) is 1. The number of oxazole rings is 1. The number of nitrogens with zero attached hydrogens (tertiary/aromatic N) is 1. The molecule has 0 spiro atoms. The van der Waals surface area contributed by atoms with Gasteiger partial charge in [0.2, 0.25) is 5.91 Å². The van der Waals surface area contributed by atoms with Crippen LogP contribution in [0.5, 0.6) is 0 Å². The number of hydrogen-bond acceptors (Lipinski definition) is 5. The summed E-state index contributed by atoms with van der Waals surface area (Å²) < 4.78 is 28.8. The lowest BCUT2D eigenvalue weighted by molar-refractivity contribution is -0.122. The lowest BCUT2D eigenvalue weighted by Crippen LogP contribution is -2.47. The van der Waals surface area contributed by atoms with Crippen LogP contribution in [0.25, 0.3) is 11.3 Å². The normalized spacial score (nSPS) is 22.0. The lowest BCUT2D eigenvalue weighted by Gasteiger charge is -2.23. The van der Waals surface area contributed by atoms with Gasteiger partial charge in [0.15, 0.2) is 21.5 Å². The van der Waals surface area contributed by atoms with Crippen molar-refractivity contribution in [2.75, 3.05) is 11.5 Å². The van der Waals surface area contributed by atoms with Crippen molar-refractivity contribution in [3.8, 4) is 11.3 Å². The maximum Gasteiger partial charge on any atom is 0.220 e. The molecule has 1 amide bonds. The van der Waals surface area contributed by atoms with Crippen LogP contribution in [0.4, 0.5) is 0 Å². The van der Waals surface area contributed by atoms with Crippen LogP contribution in [0.15, 0.2) is 34.9 Å². The second-order valence-corrected chi connectivity index (χ2v) is 9.20. The largest absolute Gasteiger partial charge is 0.441 e. The van der Waals surface area contributed by atoms with Gasteiger partial charge in [-0.1, -0.05) is 11.6 Å². The van der Waals surface area contributed by atoms with Crippen LogP contribution < -0.4 is 5.32 Å². The van der Waals surface area contributed by atoms with Crippen LogP contribution in [0.2, 0.25) is 5.02 Å². The van der Waals surface area contributed by atoms with Crippen molar-refractivity contribution in [1.29, 1.82) is 0 Å². The van der Waals surface area contributed by atoms with Crippen LogP contribution in [-0.2, 0) is 21.1 Å². The molecule has 1 saturated heterocycles. The van der Waals surface area contributed by atoms with E-state index in [9.17, 15) is 13.2 Å². The smallest absolute Gasteiger partial charge is 0.220 e. The number of amides is 1. The fourth-order valence-corrected chi connectivity index (χ4v) is 5.12. The van der Waals surface area contributed by atoms with Gasteiger partial charge < -0.3 is 9.73 Å². The van der Waals surface area contributed by atoms with Crippen LogP contribution in [-0.4, -0.2) is 36.4 Å². The van der Waals surface area contributed by atoms with Gasteiger partial charge in [-0.3, -0.25) is 4.79 Å². The summed E-state index contributed by atoms with van der Waals surface area (Å²) in [6.45, 7) is 1.76. The zero-order chi connectivity index (χ0) is 18.1. The topological polar surface area (TPSA) is 89.3 Å². The number of hydrogen-bond donors (Lipinski definition) is 1.